The molecule has 1 aromatic rings. The second-order valence-corrected chi connectivity index (χ2v) is 4.76. The zero-order valence-electron chi connectivity index (χ0n) is 9.13. The van der Waals surface area contributed by atoms with Gasteiger partial charge in [0, 0.05) is 4.47 Å². The van der Waals surface area contributed by atoms with Gasteiger partial charge in [0.15, 0.2) is 0 Å². The molecule has 0 aromatic heterocycles. The third-order valence-corrected chi connectivity index (χ3v) is 3.71. The van der Waals surface area contributed by atoms with E-state index in [0.717, 1.165) is 29.4 Å². The van der Waals surface area contributed by atoms with Crippen LogP contribution in [0.15, 0.2) is 28.7 Å². The quantitative estimate of drug-likeness (QED) is 0.846. The maximum atomic E-state index is 12.0. The van der Waals surface area contributed by atoms with E-state index >= 15 is 0 Å². The number of methoxy groups -OCH3 is 1. The van der Waals surface area contributed by atoms with Gasteiger partial charge in [0.2, 0.25) is 0 Å². The Bertz CT molecular complexity index is 400. The van der Waals surface area contributed by atoms with E-state index in [1.54, 1.807) is 0 Å². The van der Waals surface area contributed by atoms with E-state index in [-0.39, 0.29) is 5.97 Å². The minimum atomic E-state index is -0.672. The Hall–Kier alpha value is -0.870. The Morgan fingerprint density at radius 2 is 2.25 bits per heavy atom. The molecular formula is C12H14BrNO2. The first-order chi connectivity index (χ1) is 7.70. The SMILES string of the molecule is COC(=O)C1(c2ccccc2Br)CCCN1. The first kappa shape index (κ1) is 11.6. The van der Waals surface area contributed by atoms with Crippen LogP contribution in [0.2, 0.25) is 0 Å². The molecule has 1 atom stereocenters. The van der Waals surface area contributed by atoms with Crippen LogP contribution >= 0.6 is 15.9 Å². The van der Waals surface area contributed by atoms with Crippen molar-refractivity contribution in [2.24, 2.45) is 0 Å². The van der Waals surface area contributed by atoms with Crippen molar-refractivity contribution in [1.29, 1.82) is 0 Å². The van der Waals surface area contributed by atoms with Crippen LogP contribution in [-0.4, -0.2) is 19.6 Å². The van der Waals surface area contributed by atoms with Crippen LogP contribution in [0, 0.1) is 0 Å². The molecule has 0 saturated carbocycles. The minimum Gasteiger partial charge on any atom is -0.467 e. The second kappa shape index (κ2) is 4.55. The third kappa shape index (κ3) is 1.76. The van der Waals surface area contributed by atoms with E-state index < -0.39 is 5.54 Å². The van der Waals surface area contributed by atoms with Gasteiger partial charge in [-0.15, -0.1) is 0 Å². The van der Waals surface area contributed by atoms with Gasteiger partial charge in [0.1, 0.15) is 5.54 Å². The van der Waals surface area contributed by atoms with Crippen molar-refractivity contribution in [3.63, 3.8) is 0 Å². The summed E-state index contributed by atoms with van der Waals surface area (Å²) >= 11 is 3.49. The summed E-state index contributed by atoms with van der Waals surface area (Å²) in [7, 11) is 1.43. The Labute approximate surface area is 103 Å². The van der Waals surface area contributed by atoms with E-state index in [2.05, 4.69) is 21.2 Å². The molecule has 1 aliphatic heterocycles. The molecule has 1 unspecified atom stereocenters. The summed E-state index contributed by atoms with van der Waals surface area (Å²) in [5.74, 6) is -0.211. The lowest BCUT2D eigenvalue weighted by Crippen LogP contribution is -2.45. The summed E-state index contributed by atoms with van der Waals surface area (Å²) in [5.41, 5.74) is 0.286. The highest BCUT2D eigenvalue weighted by molar-refractivity contribution is 9.10. The van der Waals surface area contributed by atoms with Crippen molar-refractivity contribution in [2.45, 2.75) is 18.4 Å². The molecule has 1 aliphatic rings. The third-order valence-electron chi connectivity index (χ3n) is 3.02. The lowest BCUT2D eigenvalue weighted by Gasteiger charge is -2.27. The number of esters is 1. The Morgan fingerprint density at radius 1 is 1.50 bits per heavy atom. The fourth-order valence-corrected chi connectivity index (χ4v) is 2.86. The van der Waals surface area contributed by atoms with Gasteiger partial charge in [-0.3, -0.25) is 5.32 Å². The zero-order valence-corrected chi connectivity index (χ0v) is 10.7. The first-order valence-electron chi connectivity index (χ1n) is 5.29. The summed E-state index contributed by atoms with van der Waals surface area (Å²) in [4.78, 5) is 12.0. The zero-order chi connectivity index (χ0) is 11.6. The van der Waals surface area contributed by atoms with Gasteiger partial charge in [-0.25, -0.2) is 4.79 Å². The second-order valence-electron chi connectivity index (χ2n) is 3.91. The molecule has 0 radical (unpaired) electrons. The van der Waals surface area contributed by atoms with E-state index in [9.17, 15) is 4.79 Å². The summed E-state index contributed by atoms with van der Waals surface area (Å²) in [6, 6.07) is 7.78. The van der Waals surface area contributed by atoms with Crippen molar-refractivity contribution in [2.75, 3.05) is 13.7 Å². The van der Waals surface area contributed by atoms with Crippen molar-refractivity contribution in [3.8, 4) is 0 Å². The van der Waals surface area contributed by atoms with Gasteiger partial charge >= 0.3 is 5.97 Å². The van der Waals surface area contributed by atoms with Crippen LogP contribution in [0.4, 0.5) is 0 Å². The molecule has 1 saturated heterocycles. The normalized spacial score (nSPS) is 24.4. The van der Waals surface area contributed by atoms with Crippen LogP contribution in [0.5, 0.6) is 0 Å². The molecule has 1 fully saturated rings. The van der Waals surface area contributed by atoms with Gasteiger partial charge in [0.25, 0.3) is 0 Å². The van der Waals surface area contributed by atoms with Gasteiger partial charge in [-0.2, -0.15) is 0 Å². The van der Waals surface area contributed by atoms with Gasteiger partial charge < -0.3 is 4.74 Å². The molecule has 1 N–H and O–H groups in total. The predicted octanol–water partition coefficient (Wildman–Crippen LogP) is 2.20. The number of hydrogen-bond acceptors (Lipinski definition) is 3. The van der Waals surface area contributed by atoms with E-state index in [1.807, 2.05) is 24.3 Å². The maximum absolute atomic E-state index is 12.0. The average molecular weight is 284 g/mol. The van der Waals surface area contributed by atoms with Crippen LogP contribution in [-0.2, 0) is 15.1 Å². The number of benzene rings is 1. The molecule has 1 aromatic carbocycles. The smallest absolute Gasteiger partial charge is 0.330 e. The minimum absolute atomic E-state index is 0.211. The number of hydrogen-bond donors (Lipinski definition) is 1. The Balaban J connectivity index is 2.48. The van der Waals surface area contributed by atoms with Gasteiger partial charge in [-0.05, 0) is 31.0 Å². The highest BCUT2D eigenvalue weighted by Gasteiger charge is 2.44. The molecule has 2 rings (SSSR count). The van der Waals surface area contributed by atoms with Crippen molar-refractivity contribution in [3.05, 3.63) is 34.3 Å². The fraction of sp³-hybridized carbons (Fsp3) is 0.417. The number of rotatable bonds is 2. The molecule has 1 heterocycles. The molecule has 3 nitrogen and oxygen atoms in total. The standard InChI is InChI=1S/C12H14BrNO2/c1-16-11(15)12(7-4-8-14-12)9-5-2-3-6-10(9)13/h2-3,5-6,14H,4,7-8H2,1H3. The van der Waals surface area contributed by atoms with Crippen LogP contribution in [0.1, 0.15) is 18.4 Å². The van der Waals surface area contributed by atoms with E-state index in [0.29, 0.717) is 0 Å². The Kier molecular flexibility index (Phi) is 3.30. The summed E-state index contributed by atoms with van der Waals surface area (Å²) < 4.78 is 5.86. The van der Waals surface area contributed by atoms with Crippen LogP contribution in [0.25, 0.3) is 0 Å². The largest absolute Gasteiger partial charge is 0.467 e. The van der Waals surface area contributed by atoms with Crippen LogP contribution < -0.4 is 5.32 Å². The van der Waals surface area contributed by atoms with Crippen molar-refractivity contribution in [1.82, 2.24) is 5.32 Å². The highest BCUT2D eigenvalue weighted by atomic mass is 79.9. The van der Waals surface area contributed by atoms with Gasteiger partial charge in [-0.1, -0.05) is 34.1 Å². The molecule has 86 valence electrons. The van der Waals surface area contributed by atoms with Crippen molar-refractivity contribution >= 4 is 21.9 Å². The maximum Gasteiger partial charge on any atom is 0.330 e. The lowest BCUT2D eigenvalue weighted by atomic mass is 9.88. The lowest BCUT2D eigenvalue weighted by molar-refractivity contribution is -0.148. The highest BCUT2D eigenvalue weighted by Crippen LogP contribution is 2.36. The number of halogens is 1. The van der Waals surface area contributed by atoms with Gasteiger partial charge in [0.05, 0.1) is 7.11 Å². The van der Waals surface area contributed by atoms with E-state index in [1.165, 1.54) is 7.11 Å². The average Bonchev–Trinajstić information content (AvgIpc) is 2.79. The monoisotopic (exact) mass is 283 g/mol. The summed E-state index contributed by atoms with van der Waals surface area (Å²) in [6.07, 6.45) is 1.76. The van der Waals surface area contributed by atoms with Crippen LogP contribution in [0.3, 0.4) is 0 Å². The van der Waals surface area contributed by atoms with E-state index in [4.69, 9.17) is 4.74 Å². The first-order valence-corrected chi connectivity index (χ1v) is 6.08. The number of ether oxygens (including phenoxy) is 1. The molecule has 0 aliphatic carbocycles. The summed E-state index contributed by atoms with van der Waals surface area (Å²) in [6.45, 7) is 0.844. The molecule has 16 heavy (non-hydrogen) atoms. The molecule has 0 spiro atoms. The number of carbonyl (C=O) groups is 1. The number of carbonyl (C=O) groups excluding carboxylic acids is 1. The topological polar surface area (TPSA) is 38.3 Å². The summed E-state index contributed by atoms with van der Waals surface area (Å²) in [5, 5.41) is 3.27. The Morgan fingerprint density at radius 3 is 2.81 bits per heavy atom. The van der Waals surface area contributed by atoms with Crippen molar-refractivity contribution < 1.29 is 9.53 Å². The predicted molar refractivity (Wildman–Crippen MR) is 65.1 cm³/mol. The number of nitrogens with one attached hydrogen (secondary N) is 1. The molecule has 0 amide bonds. The molecular weight excluding hydrogens is 270 g/mol. The molecule has 0 bridgehead atoms. The molecule has 4 heteroatoms. The fourth-order valence-electron chi connectivity index (χ4n) is 2.24.